The zero-order chi connectivity index (χ0) is 23.3. The van der Waals surface area contributed by atoms with Crippen LogP contribution in [0.3, 0.4) is 0 Å². The van der Waals surface area contributed by atoms with Gasteiger partial charge in [0, 0.05) is 68.5 Å². The van der Waals surface area contributed by atoms with E-state index in [1.807, 2.05) is 0 Å². The number of aliphatic carboxylic acids is 2. The Bertz CT molecular complexity index is 1080. The first-order valence-corrected chi connectivity index (χ1v) is 9.72. The van der Waals surface area contributed by atoms with Crippen molar-refractivity contribution >= 4 is 78.7 Å². The molecule has 2 heterocycles. The van der Waals surface area contributed by atoms with E-state index in [4.69, 9.17) is 15.9 Å². The van der Waals surface area contributed by atoms with Crippen LogP contribution in [-0.2, 0) is 9.59 Å². The van der Waals surface area contributed by atoms with Crippen LogP contribution in [0.1, 0.15) is 23.2 Å². The first-order chi connectivity index (χ1) is 15.2. The zero-order valence-electron chi connectivity index (χ0n) is 17.6. The number of aromatic amines is 1. The van der Waals surface area contributed by atoms with Gasteiger partial charge in [0.2, 0.25) is 5.95 Å². The van der Waals surface area contributed by atoms with Crippen LogP contribution in [0.4, 0.5) is 23.1 Å². The molecule has 0 bridgehead atoms. The summed E-state index contributed by atoms with van der Waals surface area (Å²) in [5.41, 5.74) is 6.40. The first kappa shape index (κ1) is 26.2. The van der Waals surface area contributed by atoms with Gasteiger partial charge in [-0.05, 0) is 30.7 Å². The molecule has 1 aromatic carbocycles. The fourth-order valence-corrected chi connectivity index (χ4v) is 3.10. The molecule has 172 valence electrons. The summed E-state index contributed by atoms with van der Waals surface area (Å²) >= 11 is 0. The van der Waals surface area contributed by atoms with Gasteiger partial charge in [0.1, 0.15) is 11.7 Å². The molecule has 1 unspecified atom stereocenters. The molecule has 1 amide bonds. The average molecular weight is 486 g/mol. The Hall–Kier alpha value is -3.03. The van der Waals surface area contributed by atoms with E-state index < -0.39 is 23.9 Å². The standard InChI is InChI=1S/C19H23N7O6.Ca/c20-19-25-15-14(17(30)26-19)23-11(8-22-15)7-21-10-3-1-9(2-4-10)16(29)24-12(18(31)32)5-6-13(27)28;/h1-4,11-12,21,23H,5-8H2,(H,24,29)(H,27,28)(H,31,32)(H4,20,22,25,26,30);/t11?,12-;/m0./s1. The second-order valence-corrected chi connectivity index (χ2v) is 7.15. The van der Waals surface area contributed by atoms with Crippen LogP contribution in [0.25, 0.3) is 0 Å². The van der Waals surface area contributed by atoms with Crippen LogP contribution in [-0.4, -0.2) is 101 Å². The second-order valence-electron chi connectivity index (χ2n) is 7.15. The van der Waals surface area contributed by atoms with E-state index in [2.05, 4.69) is 31.2 Å². The normalized spacial score (nSPS) is 15.0. The molecule has 0 spiro atoms. The molecule has 2 aromatic rings. The third-order valence-electron chi connectivity index (χ3n) is 4.75. The summed E-state index contributed by atoms with van der Waals surface area (Å²) in [6.07, 6.45) is -0.587. The Kier molecular flexibility index (Phi) is 9.32. The maximum Gasteiger partial charge on any atom is 0.326 e. The summed E-state index contributed by atoms with van der Waals surface area (Å²) in [7, 11) is 0. The molecule has 14 heteroatoms. The molecule has 0 saturated heterocycles. The third-order valence-corrected chi connectivity index (χ3v) is 4.75. The average Bonchev–Trinajstić information content (AvgIpc) is 2.75. The number of carbonyl (C=O) groups is 3. The SMILES string of the molecule is Nc1nc2c(c(=O)[nH]1)NC(CNc1ccc(C(=O)N[C@@H](CCC(=O)O)C(=O)O)cc1)CN2.[Ca]. The molecule has 1 aliphatic heterocycles. The number of anilines is 4. The van der Waals surface area contributed by atoms with Crippen LogP contribution in [0, 0.1) is 0 Å². The quantitative estimate of drug-likeness (QED) is 0.209. The van der Waals surface area contributed by atoms with Crippen molar-refractivity contribution in [2.24, 2.45) is 0 Å². The Balaban J connectivity index is 0.00000385. The summed E-state index contributed by atoms with van der Waals surface area (Å²) in [4.78, 5) is 52.6. The number of nitrogens with two attached hydrogens (primary N) is 1. The van der Waals surface area contributed by atoms with Gasteiger partial charge in [0.05, 0.1) is 6.04 Å². The van der Waals surface area contributed by atoms with Gasteiger partial charge in [0.25, 0.3) is 11.5 Å². The third kappa shape index (κ3) is 7.23. The summed E-state index contributed by atoms with van der Waals surface area (Å²) in [5.74, 6) is -2.64. The van der Waals surface area contributed by atoms with Gasteiger partial charge in [0.15, 0.2) is 5.82 Å². The van der Waals surface area contributed by atoms with Crippen molar-refractivity contribution in [2.75, 3.05) is 34.8 Å². The smallest absolute Gasteiger partial charge is 0.326 e. The number of nitrogens with zero attached hydrogens (tertiary/aromatic N) is 1. The van der Waals surface area contributed by atoms with E-state index in [1.165, 1.54) is 12.1 Å². The van der Waals surface area contributed by atoms with Crippen molar-refractivity contribution < 1.29 is 24.6 Å². The Morgan fingerprint density at radius 2 is 1.91 bits per heavy atom. The van der Waals surface area contributed by atoms with Gasteiger partial charge in [-0.3, -0.25) is 19.4 Å². The van der Waals surface area contributed by atoms with Gasteiger partial charge in [-0.25, -0.2) is 4.79 Å². The van der Waals surface area contributed by atoms with Crippen molar-refractivity contribution in [3.63, 3.8) is 0 Å². The summed E-state index contributed by atoms with van der Waals surface area (Å²) in [6, 6.07) is 4.93. The van der Waals surface area contributed by atoms with Crippen LogP contribution in [0.2, 0.25) is 0 Å². The number of carboxylic acids is 2. The van der Waals surface area contributed by atoms with Crippen molar-refractivity contribution in [3.8, 4) is 0 Å². The van der Waals surface area contributed by atoms with E-state index in [0.717, 1.165) is 0 Å². The van der Waals surface area contributed by atoms with E-state index in [-0.39, 0.29) is 73.7 Å². The van der Waals surface area contributed by atoms with Crippen molar-refractivity contribution in [2.45, 2.75) is 24.9 Å². The van der Waals surface area contributed by atoms with Crippen LogP contribution >= 0.6 is 0 Å². The topological polar surface area (TPSA) is 212 Å². The number of carbonyl (C=O) groups excluding carboxylic acids is 1. The first-order valence-electron chi connectivity index (χ1n) is 9.72. The minimum absolute atomic E-state index is 0. The molecule has 2 atom stereocenters. The fourth-order valence-electron chi connectivity index (χ4n) is 3.10. The number of H-pyrrole nitrogens is 1. The monoisotopic (exact) mass is 485 g/mol. The molecule has 1 aliphatic rings. The predicted octanol–water partition coefficient (Wildman–Crippen LogP) is -0.663. The fraction of sp³-hybridized carbons (Fsp3) is 0.316. The molecule has 1 aromatic heterocycles. The minimum Gasteiger partial charge on any atom is -0.481 e. The van der Waals surface area contributed by atoms with Crippen LogP contribution in [0.5, 0.6) is 0 Å². The molecule has 9 N–H and O–H groups in total. The summed E-state index contributed by atoms with van der Waals surface area (Å²) < 4.78 is 0. The molecule has 0 aliphatic carbocycles. The maximum absolute atomic E-state index is 12.3. The Morgan fingerprint density at radius 3 is 2.55 bits per heavy atom. The maximum atomic E-state index is 12.3. The van der Waals surface area contributed by atoms with Crippen LogP contribution < -0.4 is 32.6 Å². The van der Waals surface area contributed by atoms with Gasteiger partial charge in [-0.1, -0.05) is 0 Å². The number of hydrogen-bond donors (Lipinski definition) is 8. The van der Waals surface area contributed by atoms with Gasteiger partial charge < -0.3 is 37.2 Å². The molecule has 3 rings (SSSR count). The number of aromatic nitrogens is 2. The Morgan fingerprint density at radius 1 is 1.21 bits per heavy atom. The number of nitrogen functional groups attached to an aromatic ring is 1. The molecule has 0 fully saturated rings. The molecule has 0 saturated carbocycles. The molecule has 13 nitrogen and oxygen atoms in total. The van der Waals surface area contributed by atoms with Gasteiger partial charge in [-0.2, -0.15) is 4.98 Å². The summed E-state index contributed by atoms with van der Waals surface area (Å²) in [5, 5.41) is 29.5. The second kappa shape index (κ2) is 11.7. The number of rotatable bonds is 9. The molecular weight excluding hydrogens is 462 g/mol. The molecule has 2 radical (unpaired) electrons. The number of nitrogens with one attached hydrogen (secondary N) is 5. The number of hydrogen-bond acceptors (Lipinski definition) is 9. The number of amides is 1. The van der Waals surface area contributed by atoms with E-state index in [1.54, 1.807) is 12.1 Å². The minimum atomic E-state index is -1.30. The number of benzene rings is 1. The molecule has 33 heavy (non-hydrogen) atoms. The van der Waals surface area contributed by atoms with Gasteiger partial charge >= 0.3 is 11.9 Å². The largest absolute Gasteiger partial charge is 0.481 e. The number of fused-ring (bicyclic) bond motifs is 1. The van der Waals surface area contributed by atoms with E-state index >= 15 is 0 Å². The van der Waals surface area contributed by atoms with Crippen molar-refractivity contribution in [3.05, 3.63) is 40.2 Å². The summed E-state index contributed by atoms with van der Waals surface area (Å²) in [6.45, 7) is 0.960. The van der Waals surface area contributed by atoms with Gasteiger partial charge in [-0.15, -0.1) is 0 Å². The predicted molar refractivity (Wildman–Crippen MR) is 122 cm³/mol. The zero-order valence-corrected chi connectivity index (χ0v) is 19.8. The van der Waals surface area contributed by atoms with Crippen molar-refractivity contribution in [1.82, 2.24) is 15.3 Å². The van der Waals surface area contributed by atoms with E-state index in [0.29, 0.717) is 30.3 Å². The number of carboxylic acid groups (broad SMARTS) is 2. The molecular formula is C19H23CaN7O6. The Labute approximate surface area is 217 Å². The van der Waals surface area contributed by atoms with E-state index in [9.17, 15) is 19.2 Å². The van der Waals surface area contributed by atoms with Crippen molar-refractivity contribution in [1.29, 1.82) is 0 Å². The van der Waals surface area contributed by atoms with Crippen LogP contribution in [0.15, 0.2) is 29.1 Å².